The van der Waals surface area contributed by atoms with Crippen LogP contribution in [0.1, 0.15) is 120 Å². The smallest absolute Gasteiger partial charge is 0.842 e. The number of hydrogen-bond acceptors (Lipinski definition) is 3. The maximum Gasteiger partial charge on any atom is 2.00 e. The van der Waals surface area contributed by atoms with Gasteiger partial charge in [-0.05, 0) is 91.4 Å². The molecular weight excluding hydrogens is 639 g/mol. The zero-order valence-corrected chi connectivity index (χ0v) is 32.2. The Morgan fingerprint density at radius 1 is 1.06 bits per heavy atom. The van der Waals surface area contributed by atoms with E-state index in [9.17, 15) is 15.0 Å². The van der Waals surface area contributed by atoms with Gasteiger partial charge in [0.05, 0.1) is 6.04 Å². The van der Waals surface area contributed by atoms with Crippen molar-refractivity contribution in [3.05, 3.63) is 58.0 Å². The molecule has 4 rings (SSSR count). The second-order valence-electron chi connectivity index (χ2n) is 17.7. The van der Waals surface area contributed by atoms with E-state index in [0.29, 0.717) is 36.0 Å². The average molecular weight is 698 g/mol. The molecule has 2 amide bonds. The topological polar surface area (TPSA) is 110 Å². The first-order valence-corrected chi connectivity index (χ1v) is 17.6. The van der Waals surface area contributed by atoms with Gasteiger partial charge in [0.15, 0.2) is 0 Å². The van der Waals surface area contributed by atoms with Crippen molar-refractivity contribution in [3.63, 3.8) is 0 Å². The van der Waals surface area contributed by atoms with Crippen LogP contribution < -0.4 is 0 Å². The van der Waals surface area contributed by atoms with Gasteiger partial charge >= 0.3 is 17.1 Å². The molecule has 0 N–H and O–H groups in total. The van der Waals surface area contributed by atoms with Crippen molar-refractivity contribution in [1.82, 2.24) is 9.80 Å². The number of amidine groups is 1. The summed E-state index contributed by atoms with van der Waals surface area (Å²) in [5, 5.41) is 12.4. The van der Waals surface area contributed by atoms with E-state index in [2.05, 4.69) is 90.6 Å². The molecule has 0 aromatic carbocycles. The number of amides is 2. The molecule has 0 aromatic heterocycles. The van der Waals surface area contributed by atoms with Gasteiger partial charge in [-0.1, -0.05) is 98.5 Å². The van der Waals surface area contributed by atoms with Gasteiger partial charge in [-0.15, -0.1) is 0 Å². The SMILES string of the molecule is CN(CC(=[N-])N=[N-])C(=O)C1=CC=C([C@@H](CCC(C)(C)C)N2C(=O)C(C3=CCC(C(C)(C)C)C=C3)=NC23CCC(C(C)(C)C)CC3)CC1.[Mn+2]. The number of rotatable bonds is 8. The monoisotopic (exact) mass is 697 g/mol. The molecule has 1 spiro atoms. The maximum absolute atomic E-state index is 14.8. The predicted octanol–water partition coefficient (Wildman–Crippen LogP) is 9.04. The number of allylic oxidation sites excluding steroid dienone is 5. The maximum atomic E-state index is 14.8. The van der Waals surface area contributed by atoms with Crippen molar-refractivity contribution in [2.45, 2.75) is 132 Å². The van der Waals surface area contributed by atoms with E-state index < -0.39 is 11.5 Å². The third-order valence-corrected chi connectivity index (χ3v) is 10.9. The molecule has 1 unspecified atom stereocenters. The molecule has 48 heavy (non-hydrogen) atoms. The van der Waals surface area contributed by atoms with E-state index >= 15 is 0 Å². The zero-order chi connectivity index (χ0) is 34.9. The fraction of sp³-hybridized carbons (Fsp3) is 0.692. The summed E-state index contributed by atoms with van der Waals surface area (Å²) in [5.74, 6) is 0.309. The fourth-order valence-corrected chi connectivity index (χ4v) is 7.69. The zero-order valence-electron chi connectivity index (χ0n) is 31.1. The van der Waals surface area contributed by atoms with Gasteiger partial charge < -0.3 is 25.9 Å². The van der Waals surface area contributed by atoms with Crippen LogP contribution in [0.15, 0.2) is 57.2 Å². The minimum atomic E-state index is -0.575. The van der Waals surface area contributed by atoms with Gasteiger partial charge in [0.2, 0.25) is 5.91 Å². The van der Waals surface area contributed by atoms with E-state index in [-0.39, 0.29) is 57.7 Å². The molecule has 1 aliphatic heterocycles. The van der Waals surface area contributed by atoms with Crippen LogP contribution in [0.2, 0.25) is 0 Å². The Hall–Kier alpha value is -2.64. The molecule has 1 saturated carbocycles. The second kappa shape index (κ2) is 15.1. The Morgan fingerprint density at radius 2 is 1.71 bits per heavy atom. The first-order valence-electron chi connectivity index (χ1n) is 17.6. The molecule has 0 bridgehead atoms. The molecule has 263 valence electrons. The third-order valence-electron chi connectivity index (χ3n) is 10.9. The summed E-state index contributed by atoms with van der Waals surface area (Å²) in [6.45, 7) is 20.3. The number of carbonyl (C=O) groups is 2. The molecule has 0 saturated heterocycles. The molecule has 1 fully saturated rings. The van der Waals surface area contributed by atoms with Crippen LogP contribution in [0.25, 0.3) is 10.9 Å². The van der Waals surface area contributed by atoms with Gasteiger partial charge in [-0.3, -0.25) is 14.6 Å². The van der Waals surface area contributed by atoms with Gasteiger partial charge in [-0.2, -0.15) is 0 Å². The van der Waals surface area contributed by atoms with Crippen molar-refractivity contribution >= 4 is 23.4 Å². The number of carbonyl (C=O) groups excluding carboxylic acids is 2. The molecule has 1 radical (unpaired) electrons. The Bertz CT molecular complexity index is 1410. The predicted molar refractivity (Wildman–Crippen MR) is 193 cm³/mol. The Labute approximate surface area is 300 Å². The van der Waals surface area contributed by atoms with Crippen LogP contribution >= 0.6 is 0 Å². The summed E-state index contributed by atoms with van der Waals surface area (Å²) in [6, 6.07) is -0.124. The molecule has 2 atom stereocenters. The summed E-state index contributed by atoms with van der Waals surface area (Å²) < 4.78 is 0. The number of aliphatic imine (C=N–C) groups is 1. The Morgan fingerprint density at radius 3 is 2.19 bits per heavy atom. The summed E-state index contributed by atoms with van der Waals surface area (Å²) in [7, 11) is 1.58. The first-order chi connectivity index (χ1) is 21.8. The van der Waals surface area contributed by atoms with Crippen LogP contribution in [0.5, 0.6) is 0 Å². The minimum Gasteiger partial charge on any atom is -0.842 e. The third kappa shape index (κ3) is 9.12. The van der Waals surface area contributed by atoms with Gasteiger partial charge in [0, 0.05) is 24.7 Å². The van der Waals surface area contributed by atoms with Gasteiger partial charge in [0.25, 0.3) is 5.91 Å². The minimum absolute atomic E-state index is 0. The van der Waals surface area contributed by atoms with Crippen LogP contribution in [-0.4, -0.2) is 58.5 Å². The van der Waals surface area contributed by atoms with E-state index in [0.717, 1.165) is 56.1 Å². The Kier molecular flexibility index (Phi) is 12.5. The number of nitrogens with zero attached hydrogens (tertiary/aromatic N) is 6. The van der Waals surface area contributed by atoms with E-state index in [1.165, 1.54) is 4.90 Å². The van der Waals surface area contributed by atoms with Crippen molar-refractivity contribution in [2.24, 2.45) is 38.2 Å². The summed E-state index contributed by atoms with van der Waals surface area (Å²) in [4.78, 5) is 36.9. The van der Waals surface area contributed by atoms with Crippen molar-refractivity contribution < 1.29 is 26.7 Å². The molecule has 4 aliphatic rings. The quantitative estimate of drug-likeness (QED) is 0.109. The van der Waals surface area contributed by atoms with Crippen LogP contribution in [0.3, 0.4) is 0 Å². The molecule has 0 aromatic rings. The van der Waals surface area contributed by atoms with E-state index in [1.807, 2.05) is 12.2 Å². The largest absolute Gasteiger partial charge is 2.00 e. The normalized spacial score (nSPS) is 25.5. The van der Waals surface area contributed by atoms with Crippen molar-refractivity contribution in [3.8, 4) is 0 Å². The van der Waals surface area contributed by atoms with Crippen LogP contribution in [0.4, 0.5) is 0 Å². The van der Waals surface area contributed by atoms with Crippen LogP contribution in [0, 0.1) is 28.1 Å². The molecular formula is C39H58MnN6O2. The van der Waals surface area contributed by atoms with Crippen molar-refractivity contribution in [2.75, 3.05) is 13.6 Å². The van der Waals surface area contributed by atoms with Gasteiger partial charge in [0.1, 0.15) is 11.4 Å². The Balaban J connectivity index is 0.00000625. The van der Waals surface area contributed by atoms with Crippen LogP contribution in [-0.2, 0) is 26.7 Å². The fourth-order valence-electron chi connectivity index (χ4n) is 7.69. The molecule has 3 aliphatic carbocycles. The standard InChI is InChI=1S/C39H58N6O2.Mn/c1-36(2,3)22-21-31(26-11-13-28(14-12-26)34(46)44(10)25-32(40)43-41)45-35(47)33(27-15-17-29(18-16-27)37(4,5)6)42-39(45)23-19-30(20-24-39)38(7,8)9;/h11,13,15-17,29-31H,12,14,18-25H2,1-10H3;/q-2;+2/t29?,30?,31-,39?;/m1./s1. The molecule has 1 heterocycles. The number of likely N-dealkylation sites (N-methyl/N-ethyl adjacent to an activating group) is 1. The van der Waals surface area contributed by atoms with Gasteiger partial charge in [-0.25, -0.2) is 0 Å². The molecule has 9 heteroatoms. The summed E-state index contributed by atoms with van der Waals surface area (Å²) in [6.07, 6.45) is 18.2. The first kappa shape index (κ1) is 39.8. The second-order valence-corrected chi connectivity index (χ2v) is 17.7. The number of hydrogen-bond donors (Lipinski definition) is 0. The van der Waals surface area contributed by atoms with E-state index in [1.54, 1.807) is 7.05 Å². The van der Waals surface area contributed by atoms with Crippen molar-refractivity contribution in [1.29, 1.82) is 0 Å². The van der Waals surface area contributed by atoms with E-state index in [4.69, 9.17) is 10.5 Å². The molecule has 8 nitrogen and oxygen atoms in total. The average Bonchev–Trinajstić information content (AvgIpc) is 3.26. The summed E-state index contributed by atoms with van der Waals surface area (Å²) >= 11 is 0. The summed E-state index contributed by atoms with van der Waals surface area (Å²) in [5.41, 5.74) is 12.1.